The summed E-state index contributed by atoms with van der Waals surface area (Å²) < 4.78 is 5.60. The molecule has 0 saturated carbocycles. The zero-order valence-electron chi connectivity index (χ0n) is 10.5. The van der Waals surface area contributed by atoms with Gasteiger partial charge in [-0.1, -0.05) is 12.1 Å². The Morgan fingerprint density at radius 1 is 1.35 bits per heavy atom. The fourth-order valence-corrected chi connectivity index (χ4v) is 2.17. The minimum Gasteiger partial charge on any atom is -0.493 e. The van der Waals surface area contributed by atoms with Crippen LogP contribution >= 0.6 is 0 Å². The molecule has 0 radical (unpaired) electrons. The molecule has 0 spiro atoms. The van der Waals surface area contributed by atoms with Gasteiger partial charge >= 0.3 is 0 Å². The van der Waals surface area contributed by atoms with Crippen LogP contribution < -0.4 is 4.74 Å². The maximum Gasteiger partial charge on any atom is 0.122 e. The summed E-state index contributed by atoms with van der Waals surface area (Å²) in [6, 6.07) is 6.51. The molecule has 1 aromatic carbocycles. The molecule has 1 N–H and O–H groups in total. The van der Waals surface area contributed by atoms with E-state index in [-0.39, 0.29) is 6.61 Å². The summed E-state index contributed by atoms with van der Waals surface area (Å²) in [5, 5.41) is 8.83. The van der Waals surface area contributed by atoms with E-state index in [1.807, 2.05) is 7.05 Å². The van der Waals surface area contributed by atoms with Crippen LogP contribution in [0.15, 0.2) is 18.2 Å². The normalized spacial score (nSPS) is 14.5. The average molecular weight is 235 g/mol. The van der Waals surface area contributed by atoms with Crippen molar-refractivity contribution < 1.29 is 9.84 Å². The number of aliphatic hydroxyl groups excluding tert-OH is 1. The van der Waals surface area contributed by atoms with Crippen molar-refractivity contribution in [3.8, 4) is 5.75 Å². The van der Waals surface area contributed by atoms with E-state index in [1.54, 1.807) is 0 Å². The molecule has 0 bridgehead atoms. The van der Waals surface area contributed by atoms with Crippen molar-refractivity contribution in [2.75, 3.05) is 33.4 Å². The first kappa shape index (κ1) is 12.4. The highest BCUT2D eigenvalue weighted by atomic mass is 16.5. The lowest BCUT2D eigenvalue weighted by Gasteiger charge is -2.19. The molecule has 1 heterocycles. The van der Waals surface area contributed by atoms with Gasteiger partial charge in [0.25, 0.3) is 0 Å². The Morgan fingerprint density at radius 3 is 3.06 bits per heavy atom. The van der Waals surface area contributed by atoms with Crippen LogP contribution in [0.3, 0.4) is 0 Å². The molecule has 0 aliphatic carbocycles. The van der Waals surface area contributed by atoms with E-state index >= 15 is 0 Å². The SMILES string of the molecule is CN(CCO)CCc1ccc2c(c1)CCCO2. The van der Waals surface area contributed by atoms with Crippen molar-refractivity contribution in [2.24, 2.45) is 0 Å². The van der Waals surface area contributed by atoms with Crippen molar-refractivity contribution in [3.05, 3.63) is 29.3 Å². The lowest BCUT2D eigenvalue weighted by molar-refractivity contribution is 0.223. The molecule has 1 aromatic rings. The molecule has 0 fully saturated rings. The maximum absolute atomic E-state index is 8.83. The maximum atomic E-state index is 8.83. The molecular formula is C14H21NO2. The molecule has 1 aliphatic heterocycles. The van der Waals surface area contributed by atoms with Crippen LogP contribution in [0.1, 0.15) is 17.5 Å². The molecule has 3 nitrogen and oxygen atoms in total. The lowest BCUT2D eigenvalue weighted by Crippen LogP contribution is -2.24. The first-order valence-electron chi connectivity index (χ1n) is 6.33. The van der Waals surface area contributed by atoms with E-state index in [0.717, 1.165) is 44.7 Å². The molecule has 0 saturated heterocycles. The first-order valence-corrected chi connectivity index (χ1v) is 6.33. The van der Waals surface area contributed by atoms with Crippen LogP contribution in [0.5, 0.6) is 5.75 Å². The Kier molecular flexibility index (Phi) is 4.40. The van der Waals surface area contributed by atoms with Gasteiger partial charge in [-0.15, -0.1) is 0 Å². The molecule has 0 atom stereocenters. The Bertz CT molecular complexity index is 365. The third-order valence-corrected chi connectivity index (χ3v) is 3.24. The highest BCUT2D eigenvalue weighted by molar-refractivity contribution is 5.38. The van der Waals surface area contributed by atoms with Gasteiger partial charge in [0, 0.05) is 13.1 Å². The number of aryl methyl sites for hydroxylation is 1. The summed E-state index contributed by atoms with van der Waals surface area (Å²) in [6.45, 7) is 2.81. The quantitative estimate of drug-likeness (QED) is 0.839. The van der Waals surface area contributed by atoms with E-state index in [0.29, 0.717) is 0 Å². The zero-order chi connectivity index (χ0) is 12.1. The van der Waals surface area contributed by atoms with Gasteiger partial charge in [0.2, 0.25) is 0 Å². The molecule has 94 valence electrons. The lowest BCUT2D eigenvalue weighted by atomic mass is 10.0. The second-order valence-electron chi connectivity index (χ2n) is 4.67. The molecular weight excluding hydrogens is 214 g/mol. The minimum absolute atomic E-state index is 0.231. The topological polar surface area (TPSA) is 32.7 Å². The summed E-state index contributed by atoms with van der Waals surface area (Å²) in [4.78, 5) is 2.15. The number of hydrogen-bond acceptors (Lipinski definition) is 3. The summed E-state index contributed by atoms with van der Waals surface area (Å²) >= 11 is 0. The van der Waals surface area contributed by atoms with Crippen LogP contribution in [0.2, 0.25) is 0 Å². The number of aliphatic hydroxyl groups is 1. The van der Waals surface area contributed by atoms with Crippen molar-refractivity contribution >= 4 is 0 Å². The molecule has 0 aromatic heterocycles. The standard InChI is InChI=1S/C14H21NO2/c1-15(8-9-16)7-6-12-4-5-14-13(11-12)3-2-10-17-14/h4-5,11,16H,2-3,6-10H2,1H3. The molecule has 0 unspecified atom stereocenters. The van der Waals surface area contributed by atoms with E-state index in [9.17, 15) is 0 Å². The molecule has 17 heavy (non-hydrogen) atoms. The molecule has 2 rings (SSSR count). The minimum atomic E-state index is 0.231. The van der Waals surface area contributed by atoms with Crippen LogP contribution in [-0.2, 0) is 12.8 Å². The van der Waals surface area contributed by atoms with Crippen molar-refractivity contribution in [3.63, 3.8) is 0 Å². The largest absolute Gasteiger partial charge is 0.493 e. The second-order valence-corrected chi connectivity index (χ2v) is 4.67. The number of rotatable bonds is 5. The number of ether oxygens (including phenoxy) is 1. The predicted octanol–water partition coefficient (Wildman–Crippen LogP) is 1.48. The van der Waals surface area contributed by atoms with Crippen molar-refractivity contribution in [1.29, 1.82) is 0 Å². The number of hydrogen-bond donors (Lipinski definition) is 1. The Balaban J connectivity index is 1.93. The number of fused-ring (bicyclic) bond motifs is 1. The van der Waals surface area contributed by atoms with Gasteiger partial charge in [0.05, 0.1) is 13.2 Å². The van der Waals surface area contributed by atoms with Crippen molar-refractivity contribution in [1.82, 2.24) is 4.90 Å². The van der Waals surface area contributed by atoms with Gasteiger partial charge in [0.15, 0.2) is 0 Å². The highest BCUT2D eigenvalue weighted by Crippen LogP contribution is 2.25. The van der Waals surface area contributed by atoms with Gasteiger partial charge in [-0.25, -0.2) is 0 Å². The van der Waals surface area contributed by atoms with E-state index < -0.39 is 0 Å². The summed E-state index contributed by atoms with van der Waals surface area (Å²) in [5.41, 5.74) is 2.71. The Hall–Kier alpha value is -1.06. The molecule has 3 heteroatoms. The van der Waals surface area contributed by atoms with Crippen LogP contribution in [0, 0.1) is 0 Å². The number of likely N-dealkylation sites (N-methyl/N-ethyl adjacent to an activating group) is 1. The Morgan fingerprint density at radius 2 is 2.24 bits per heavy atom. The third-order valence-electron chi connectivity index (χ3n) is 3.24. The highest BCUT2D eigenvalue weighted by Gasteiger charge is 2.10. The van der Waals surface area contributed by atoms with Gasteiger partial charge in [0.1, 0.15) is 5.75 Å². The molecule has 0 amide bonds. The summed E-state index contributed by atoms with van der Waals surface area (Å²) in [7, 11) is 2.04. The second kappa shape index (κ2) is 6.03. The average Bonchev–Trinajstić information content (AvgIpc) is 2.36. The predicted molar refractivity (Wildman–Crippen MR) is 68.5 cm³/mol. The number of nitrogens with zero attached hydrogens (tertiary/aromatic N) is 1. The Labute approximate surface area is 103 Å². The third kappa shape index (κ3) is 3.45. The first-order chi connectivity index (χ1) is 8.29. The van der Waals surface area contributed by atoms with E-state index in [1.165, 1.54) is 11.1 Å². The zero-order valence-corrected chi connectivity index (χ0v) is 10.5. The number of benzene rings is 1. The summed E-state index contributed by atoms with van der Waals surface area (Å²) in [5.74, 6) is 1.06. The van der Waals surface area contributed by atoms with E-state index in [4.69, 9.17) is 9.84 Å². The van der Waals surface area contributed by atoms with Crippen LogP contribution in [-0.4, -0.2) is 43.4 Å². The molecule has 1 aliphatic rings. The van der Waals surface area contributed by atoms with Crippen LogP contribution in [0.25, 0.3) is 0 Å². The van der Waals surface area contributed by atoms with Gasteiger partial charge in [-0.05, 0) is 43.5 Å². The smallest absolute Gasteiger partial charge is 0.122 e. The van der Waals surface area contributed by atoms with Gasteiger partial charge in [-0.2, -0.15) is 0 Å². The summed E-state index contributed by atoms with van der Waals surface area (Å²) in [6.07, 6.45) is 3.29. The fraction of sp³-hybridized carbons (Fsp3) is 0.571. The van der Waals surface area contributed by atoms with E-state index in [2.05, 4.69) is 23.1 Å². The monoisotopic (exact) mass is 235 g/mol. The van der Waals surface area contributed by atoms with Crippen LogP contribution in [0.4, 0.5) is 0 Å². The fourth-order valence-electron chi connectivity index (χ4n) is 2.17. The van der Waals surface area contributed by atoms with Crippen molar-refractivity contribution in [2.45, 2.75) is 19.3 Å². The van der Waals surface area contributed by atoms with Gasteiger partial charge in [-0.3, -0.25) is 0 Å². The van der Waals surface area contributed by atoms with Gasteiger partial charge < -0.3 is 14.7 Å².